The zero-order chi connectivity index (χ0) is 23.5. The third-order valence-electron chi connectivity index (χ3n) is 7.84. The van der Waals surface area contributed by atoms with Crippen LogP contribution in [0.2, 0.25) is 0 Å². The molecule has 5 rings (SSSR count). The Bertz CT molecular complexity index is 949. The maximum absolute atomic E-state index is 5.62. The third-order valence-corrected chi connectivity index (χ3v) is 7.84. The lowest BCUT2D eigenvalue weighted by Crippen LogP contribution is -2.43. The highest BCUT2D eigenvalue weighted by atomic mass is 16.5. The Morgan fingerprint density at radius 1 is 0.853 bits per heavy atom. The second-order valence-electron chi connectivity index (χ2n) is 10.4. The summed E-state index contributed by atoms with van der Waals surface area (Å²) in [6.07, 6.45) is 10.6. The van der Waals surface area contributed by atoms with Crippen molar-refractivity contribution >= 4 is 28.6 Å². The van der Waals surface area contributed by atoms with Crippen molar-refractivity contribution in [1.29, 1.82) is 0 Å². The van der Waals surface area contributed by atoms with Crippen LogP contribution in [0, 0.1) is 5.92 Å². The quantitative estimate of drug-likeness (QED) is 0.636. The Morgan fingerprint density at radius 3 is 2.29 bits per heavy atom. The molecule has 4 heterocycles. The van der Waals surface area contributed by atoms with Crippen LogP contribution in [0.15, 0.2) is 6.33 Å². The fourth-order valence-corrected chi connectivity index (χ4v) is 5.75. The Balaban J connectivity index is 1.50. The number of fused-ring (bicyclic) bond motifs is 1. The summed E-state index contributed by atoms with van der Waals surface area (Å²) < 4.78 is 5.62. The molecule has 0 radical (unpaired) electrons. The van der Waals surface area contributed by atoms with Gasteiger partial charge in [-0.25, -0.2) is 15.0 Å². The van der Waals surface area contributed by atoms with Crippen LogP contribution in [0.3, 0.4) is 0 Å². The van der Waals surface area contributed by atoms with E-state index in [1.165, 1.54) is 32.1 Å². The third kappa shape index (κ3) is 5.05. The zero-order valence-electron chi connectivity index (χ0n) is 21.1. The van der Waals surface area contributed by atoms with Crippen LogP contribution in [0.25, 0.3) is 11.0 Å². The van der Waals surface area contributed by atoms with Crippen LogP contribution in [0.1, 0.15) is 44.9 Å². The SMILES string of the molecule is CN(CC1CCCCC1)c1ncnc2c(N3CCOCC3)nc(N3CCC(N(C)C)CC3)nc12. The Labute approximate surface area is 203 Å². The van der Waals surface area contributed by atoms with Gasteiger partial charge in [0.15, 0.2) is 11.6 Å². The summed E-state index contributed by atoms with van der Waals surface area (Å²) in [4.78, 5) is 28.9. The highest BCUT2D eigenvalue weighted by Gasteiger charge is 2.27. The van der Waals surface area contributed by atoms with Crippen molar-refractivity contribution in [2.45, 2.75) is 51.0 Å². The lowest BCUT2D eigenvalue weighted by molar-refractivity contribution is 0.122. The van der Waals surface area contributed by atoms with Crippen molar-refractivity contribution in [1.82, 2.24) is 24.8 Å². The van der Waals surface area contributed by atoms with Gasteiger partial charge in [-0.05, 0) is 45.7 Å². The second-order valence-corrected chi connectivity index (χ2v) is 10.4. The monoisotopic (exact) mass is 468 g/mol. The molecular formula is C25H40N8O. The summed E-state index contributed by atoms with van der Waals surface area (Å²) >= 11 is 0. The molecule has 34 heavy (non-hydrogen) atoms. The first-order chi connectivity index (χ1) is 16.6. The van der Waals surface area contributed by atoms with Gasteiger partial charge in [-0.2, -0.15) is 4.98 Å². The molecule has 0 atom stereocenters. The van der Waals surface area contributed by atoms with Gasteiger partial charge in [-0.3, -0.25) is 0 Å². The van der Waals surface area contributed by atoms with Gasteiger partial charge in [0.25, 0.3) is 0 Å². The number of morpholine rings is 1. The van der Waals surface area contributed by atoms with Crippen LogP contribution in [-0.4, -0.2) is 98.0 Å². The molecule has 3 fully saturated rings. The summed E-state index contributed by atoms with van der Waals surface area (Å²) in [5.74, 6) is 3.40. The number of piperidine rings is 1. The van der Waals surface area contributed by atoms with E-state index >= 15 is 0 Å². The molecule has 1 saturated carbocycles. The van der Waals surface area contributed by atoms with Gasteiger partial charge in [0, 0.05) is 45.8 Å². The van der Waals surface area contributed by atoms with Gasteiger partial charge in [-0.1, -0.05) is 19.3 Å². The topological polar surface area (TPSA) is 73.8 Å². The smallest absolute Gasteiger partial charge is 0.228 e. The van der Waals surface area contributed by atoms with Crippen LogP contribution in [0.4, 0.5) is 17.6 Å². The van der Waals surface area contributed by atoms with E-state index in [2.05, 4.69) is 40.7 Å². The summed E-state index contributed by atoms with van der Waals surface area (Å²) in [6.45, 7) is 6.04. The molecule has 2 saturated heterocycles. The van der Waals surface area contributed by atoms with Gasteiger partial charge < -0.3 is 24.3 Å². The van der Waals surface area contributed by atoms with Gasteiger partial charge >= 0.3 is 0 Å². The minimum Gasteiger partial charge on any atom is -0.378 e. The van der Waals surface area contributed by atoms with Gasteiger partial charge in [0.2, 0.25) is 5.95 Å². The summed E-state index contributed by atoms with van der Waals surface area (Å²) in [5.41, 5.74) is 1.73. The van der Waals surface area contributed by atoms with E-state index in [1.807, 2.05) is 0 Å². The fraction of sp³-hybridized carbons (Fsp3) is 0.760. The largest absolute Gasteiger partial charge is 0.378 e. The molecular weight excluding hydrogens is 428 g/mol. The number of anilines is 3. The van der Waals surface area contributed by atoms with Crippen molar-refractivity contribution in [3.05, 3.63) is 6.33 Å². The molecule has 0 N–H and O–H groups in total. The standard InChI is InChI=1S/C25H40N8O/c1-30(2)20-9-11-33(12-10-20)25-28-22-21(24(29-25)32-13-15-34-16-14-32)26-18-27-23(22)31(3)17-19-7-5-4-6-8-19/h18-20H,4-17H2,1-3H3. The van der Waals surface area contributed by atoms with Crippen molar-refractivity contribution in [2.24, 2.45) is 5.92 Å². The maximum atomic E-state index is 5.62. The number of hydrogen-bond acceptors (Lipinski definition) is 9. The molecule has 0 bridgehead atoms. The van der Waals surface area contributed by atoms with E-state index in [0.29, 0.717) is 19.3 Å². The zero-order valence-corrected chi connectivity index (χ0v) is 21.1. The first-order valence-electron chi connectivity index (χ1n) is 13.1. The van der Waals surface area contributed by atoms with Crippen molar-refractivity contribution in [3.8, 4) is 0 Å². The Hall–Kier alpha value is -2.26. The highest BCUT2D eigenvalue weighted by molar-refractivity contribution is 5.94. The molecule has 0 unspecified atom stereocenters. The maximum Gasteiger partial charge on any atom is 0.228 e. The van der Waals surface area contributed by atoms with Crippen LogP contribution < -0.4 is 14.7 Å². The number of nitrogens with zero attached hydrogens (tertiary/aromatic N) is 8. The number of aromatic nitrogens is 4. The average Bonchev–Trinajstić information content (AvgIpc) is 2.89. The Kier molecular flexibility index (Phi) is 7.29. The average molecular weight is 469 g/mol. The number of hydrogen-bond donors (Lipinski definition) is 0. The van der Waals surface area contributed by atoms with Gasteiger partial charge in [0.05, 0.1) is 13.2 Å². The van der Waals surface area contributed by atoms with E-state index < -0.39 is 0 Å². The number of ether oxygens (including phenoxy) is 1. The van der Waals surface area contributed by atoms with Crippen LogP contribution >= 0.6 is 0 Å². The van der Waals surface area contributed by atoms with E-state index in [1.54, 1.807) is 6.33 Å². The molecule has 2 aromatic heterocycles. The predicted molar refractivity (Wildman–Crippen MR) is 137 cm³/mol. The lowest BCUT2D eigenvalue weighted by atomic mass is 9.89. The fourth-order valence-electron chi connectivity index (χ4n) is 5.75. The van der Waals surface area contributed by atoms with Crippen molar-refractivity contribution in [2.75, 3.05) is 81.8 Å². The number of rotatable bonds is 6. The molecule has 3 aliphatic rings. The van der Waals surface area contributed by atoms with Crippen molar-refractivity contribution in [3.63, 3.8) is 0 Å². The molecule has 186 valence electrons. The molecule has 2 aromatic rings. The minimum atomic E-state index is 0.621. The first kappa shape index (κ1) is 23.5. The van der Waals surface area contributed by atoms with Crippen molar-refractivity contribution < 1.29 is 4.74 Å². The molecule has 9 heteroatoms. The molecule has 0 aromatic carbocycles. The normalized spacial score (nSPS) is 20.9. The summed E-state index contributed by atoms with van der Waals surface area (Å²) in [7, 11) is 6.51. The van der Waals surface area contributed by atoms with Crippen LogP contribution in [0.5, 0.6) is 0 Å². The Morgan fingerprint density at radius 2 is 1.59 bits per heavy atom. The highest BCUT2D eigenvalue weighted by Crippen LogP contribution is 2.32. The van der Waals surface area contributed by atoms with E-state index in [-0.39, 0.29) is 0 Å². The first-order valence-corrected chi connectivity index (χ1v) is 13.1. The lowest BCUT2D eigenvalue weighted by Gasteiger charge is -2.36. The van der Waals surface area contributed by atoms with E-state index in [4.69, 9.17) is 24.7 Å². The molecule has 2 aliphatic heterocycles. The van der Waals surface area contributed by atoms with Gasteiger partial charge in [0.1, 0.15) is 17.4 Å². The summed E-state index contributed by atoms with van der Waals surface area (Å²) in [5, 5.41) is 0. The van der Waals surface area contributed by atoms with E-state index in [0.717, 1.165) is 80.1 Å². The van der Waals surface area contributed by atoms with E-state index in [9.17, 15) is 0 Å². The second kappa shape index (κ2) is 10.6. The molecule has 0 spiro atoms. The van der Waals surface area contributed by atoms with Crippen LogP contribution in [-0.2, 0) is 4.74 Å². The van der Waals surface area contributed by atoms with Gasteiger partial charge in [-0.15, -0.1) is 0 Å². The predicted octanol–water partition coefficient (Wildman–Crippen LogP) is 2.80. The molecule has 9 nitrogen and oxygen atoms in total. The minimum absolute atomic E-state index is 0.621. The molecule has 0 amide bonds. The summed E-state index contributed by atoms with van der Waals surface area (Å²) in [6, 6.07) is 0.621. The molecule has 1 aliphatic carbocycles.